The lowest BCUT2D eigenvalue weighted by molar-refractivity contribution is 0.0918. The number of halogens is 3. The van der Waals surface area contributed by atoms with E-state index in [4.69, 9.17) is 32.4 Å². The zero-order chi connectivity index (χ0) is 18.7. The molecule has 0 aliphatic rings. The van der Waals surface area contributed by atoms with E-state index < -0.39 is 11.7 Å². The van der Waals surface area contributed by atoms with Gasteiger partial charge in [-0.1, -0.05) is 23.2 Å². The number of amides is 1. The minimum absolute atomic E-state index is 0.0478. The number of benzene rings is 1. The van der Waals surface area contributed by atoms with Gasteiger partial charge in [0.2, 0.25) is 0 Å². The van der Waals surface area contributed by atoms with E-state index in [2.05, 4.69) is 10.4 Å². The molecule has 0 bridgehead atoms. The molecular weight excluding hydrogens is 384 g/mol. The van der Waals surface area contributed by atoms with Crippen molar-refractivity contribution in [3.63, 3.8) is 0 Å². The Morgan fingerprint density at radius 2 is 2.12 bits per heavy atom. The molecule has 1 N–H and O–H groups in total. The van der Waals surface area contributed by atoms with E-state index in [0.29, 0.717) is 22.2 Å². The van der Waals surface area contributed by atoms with Crippen molar-refractivity contribution in [2.75, 3.05) is 0 Å². The quantitative estimate of drug-likeness (QED) is 0.683. The molecule has 0 unspecified atom stereocenters. The fourth-order valence-corrected chi connectivity index (χ4v) is 2.66. The summed E-state index contributed by atoms with van der Waals surface area (Å²) >= 11 is 11.9. The largest absolute Gasteiger partial charge is 0.484 e. The topological polar surface area (TPSA) is 69.3 Å². The number of furan rings is 1. The number of hydrogen-bond donors (Lipinski definition) is 1. The van der Waals surface area contributed by atoms with Gasteiger partial charge in [0.05, 0.1) is 28.5 Å². The van der Waals surface area contributed by atoms with Gasteiger partial charge in [0.15, 0.2) is 5.76 Å². The smallest absolute Gasteiger partial charge is 0.287 e. The summed E-state index contributed by atoms with van der Waals surface area (Å²) in [5, 5.41) is 7.32. The highest BCUT2D eigenvalue weighted by Crippen LogP contribution is 2.26. The van der Waals surface area contributed by atoms with Crippen LogP contribution >= 0.6 is 23.2 Å². The Balaban J connectivity index is 1.57. The highest BCUT2D eigenvalue weighted by atomic mass is 35.5. The molecule has 26 heavy (non-hydrogen) atoms. The van der Waals surface area contributed by atoms with Crippen LogP contribution in [0.3, 0.4) is 0 Å². The van der Waals surface area contributed by atoms with E-state index in [1.54, 1.807) is 17.8 Å². The minimum Gasteiger partial charge on any atom is -0.484 e. The molecular formula is C17H14Cl2FN3O3. The van der Waals surface area contributed by atoms with Crippen molar-refractivity contribution < 1.29 is 18.3 Å². The third-order valence-electron chi connectivity index (χ3n) is 3.58. The van der Waals surface area contributed by atoms with Crippen LogP contribution in [0.15, 0.2) is 40.9 Å². The molecule has 136 valence electrons. The van der Waals surface area contributed by atoms with Gasteiger partial charge in [0, 0.05) is 7.05 Å². The lowest BCUT2D eigenvalue weighted by atomic mass is 10.3. The maximum Gasteiger partial charge on any atom is 0.287 e. The van der Waals surface area contributed by atoms with Crippen LogP contribution in [-0.2, 0) is 20.2 Å². The molecule has 3 rings (SSSR count). The average molecular weight is 398 g/mol. The van der Waals surface area contributed by atoms with Gasteiger partial charge in [-0.15, -0.1) is 0 Å². The molecule has 9 heteroatoms. The molecule has 2 heterocycles. The Morgan fingerprint density at radius 1 is 1.31 bits per heavy atom. The summed E-state index contributed by atoms with van der Waals surface area (Å²) in [6, 6.07) is 6.97. The van der Waals surface area contributed by atoms with Gasteiger partial charge < -0.3 is 14.5 Å². The van der Waals surface area contributed by atoms with E-state index in [0.717, 1.165) is 6.07 Å². The van der Waals surface area contributed by atoms with E-state index in [9.17, 15) is 9.18 Å². The first kappa shape index (κ1) is 18.3. The summed E-state index contributed by atoms with van der Waals surface area (Å²) in [4.78, 5) is 12.2. The molecule has 1 amide bonds. The molecule has 0 aliphatic heterocycles. The fourth-order valence-electron chi connectivity index (χ4n) is 2.20. The lowest BCUT2D eigenvalue weighted by Gasteiger charge is -2.06. The Morgan fingerprint density at radius 3 is 2.81 bits per heavy atom. The number of rotatable bonds is 6. The van der Waals surface area contributed by atoms with Crippen LogP contribution in [-0.4, -0.2) is 15.7 Å². The third-order valence-corrected chi connectivity index (χ3v) is 4.19. The van der Waals surface area contributed by atoms with Gasteiger partial charge in [0.25, 0.3) is 5.91 Å². The van der Waals surface area contributed by atoms with Gasteiger partial charge in [-0.05, 0) is 30.3 Å². The van der Waals surface area contributed by atoms with Crippen molar-refractivity contribution in [2.45, 2.75) is 13.2 Å². The average Bonchev–Trinajstić information content (AvgIpc) is 3.19. The summed E-state index contributed by atoms with van der Waals surface area (Å²) in [5.74, 6) is 0.0312. The first-order chi connectivity index (χ1) is 12.4. The normalized spacial score (nSPS) is 10.8. The Bertz CT molecular complexity index is 920. The van der Waals surface area contributed by atoms with Crippen molar-refractivity contribution in [3.8, 4) is 5.75 Å². The molecule has 0 atom stereocenters. The second-order valence-corrected chi connectivity index (χ2v) is 6.19. The van der Waals surface area contributed by atoms with Crippen molar-refractivity contribution in [1.29, 1.82) is 0 Å². The van der Waals surface area contributed by atoms with Crippen LogP contribution in [0.1, 0.15) is 22.0 Å². The van der Waals surface area contributed by atoms with Crippen LogP contribution < -0.4 is 10.1 Å². The SMILES string of the molecule is Cn1ncc(Cl)c1CNC(=O)c1ccc(COc2ccc(F)cc2Cl)o1. The number of aromatic nitrogens is 2. The molecule has 0 saturated heterocycles. The molecule has 0 spiro atoms. The molecule has 1 aromatic carbocycles. The Kier molecular flexibility index (Phi) is 5.49. The van der Waals surface area contributed by atoms with Crippen LogP contribution in [0.2, 0.25) is 10.0 Å². The first-order valence-corrected chi connectivity index (χ1v) is 8.31. The van der Waals surface area contributed by atoms with E-state index in [-0.39, 0.29) is 23.9 Å². The van der Waals surface area contributed by atoms with Crippen molar-refractivity contribution >= 4 is 29.1 Å². The summed E-state index contributed by atoms with van der Waals surface area (Å²) in [7, 11) is 1.73. The van der Waals surface area contributed by atoms with E-state index in [1.165, 1.54) is 24.4 Å². The van der Waals surface area contributed by atoms with Gasteiger partial charge in [-0.25, -0.2) is 4.39 Å². The van der Waals surface area contributed by atoms with Crippen LogP contribution in [0.4, 0.5) is 4.39 Å². The predicted molar refractivity (Wildman–Crippen MR) is 93.8 cm³/mol. The first-order valence-electron chi connectivity index (χ1n) is 7.55. The Labute approximate surface area is 158 Å². The molecule has 0 aliphatic carbocycles. The minimum atomic E-state index is -0.451. The summed E-state index contributed by atoms with van der Waals surface area (Å²) in [5.41, 5.74) is 0.682. The maximum absolute atomic E-state index is 13.0. The fraction of sp³-hybridized carbons (Fsp3) is 0.176. The number of aryl methyl sites for hydroxylation is 1. The highest BCUT2D eigenvalue weighted by Gasteiger charge is 2.14. The number of nitrogens with one attached hydrogen (secondary N) is 1. The van der Waals surface area contributed by atoms with Crippen LogP contribution in [0.5, 0.6) is 5.75 Å². The molecule has 0 fully saturated rings. The predicted octanol–water partition coefficient (Wildman–Crippen LogP) is 3.97. The van der Waals surface area contributed by atoms with Gasteiger partial charge >= 0.3 is 0 Å². The summed E-state index contributed by atoms with van der Waals surface area (Å²) in [6.45, 7) is 0.262. The highest BCUT2D eigenvalue weighted by molar-refractivity contribution is 6.32. The number of ether oxygens (including phenoxy) is 1. The van der Waals surface area contributed by atoms with Crippen molar-refractivity contribution in [3.05, 3.63) is 69.6 Å². The maximum atomic E-state index is 13.0. The zero-order valence-corrected chi connectivity index (χ0v) is 15.1. The number of carbonyl (C=O) groups excluding carboxylic acids is 1. The molecule has 6 nitrogen and oxygen atoms in total. The lowest BCUT2D eigenvalue weighted by Crippen LogP contribution is -2.23. The second-order valence-electron chi connectivity index (χ2n) is 5.37. The van der Waals surface area contributed by atoms with Gasteiger partial charge in [-0.3, -0.25) is 9.48 Å². The second kappa shape index (κ2) is 7.80. The summed E-state index contributed by atoms with van der Waals surface area (Å²) < 4.78 is 25.5. The van der Waals surface area contributed by atoms with Gasteiger partial charge in [0.1, 0.15) is 23.9 Å². The molecule has 2 aromatic heterocycles. The molecule has 0 saturated carbocycles. The van der Waals surface area contributed by atoms with E-state index >= 15 is 0 Å². The Hall–Kier alpha value is -2.51. The number of nitrogens with zero attached hydrogens (tertiary/aromatic N) is 2. The molecule has 3 aromatic rings. The molecule has 0 radical (unpaired) electrons. The van der Waals surface area contributed by atoms with Crippen molar-refractivity contribution in [2.24, 2.45) is 7.05 Å². The summed E-state index contributed by atoms with van der Waals surface area (Å²) in [6.07, 6.45) is 1.51. The zero-order valence-electron chi connectivity index (χ0n) is 13.6. The standard InChI is InChI=1S/C17H14Cl2FN3O3/c1-23-14(13(19)7-22-23)8-21-17(24)16-5-3-11(26-16)9-25-15-4-2-10(20)6-12(15)18/h2-7H,8-9H2,1H3,(H,21,24). The monoisotopic (exact) mass is 397 g/mol. The number of carbonyl (C=O) groups is 1. The van der Waals surface area contributed by atoms with Crippen molar-refractivity contribution in [1.82, 2.24) is 15.1 Å². The third kappa shape index (κ3) is 4.17. The van der Waals surface area contributed by atoms with Crippen LogP contribution in [0, 0.1) is 5.82 Å². The van der Waals surface area contributed by atoms with Gasteiger partial charge in [-0.2, -0.15) is 5.10 Å². The number of hydrogen-bond acceptors (Lipinski definition) is 4. The van der Waals surface area contributed by atoms with E-state index in [1.807, 2.05) is 0 Å². The van der Waals surface area contributed by atoms with Crippen LogP contribution in [0.25, 0.3) is 0 Å².